The van der Waals surface area contributed by atoms with E-state index in [1.54, 1.807) is 36.1 Å². The molecule has 1 atom stereocenters. The molecule has 0 spiro atoms. The molecule has 34 heavy (non-hydrogen) atoms. The lowest BCUT2D eigenvalue weighted by atomic mass is 10.0. The molecule has 3 heterocycles. The first-order valence-electron chi connectivity index (χ1n) is 10.8. The highest BCUT2D eigenvalue weighted by Crippen LogP contribution is 2.39. The summed E-state index contributed by atoms with van der Waals surface area (Å²) in [6.07, 6.45) is -0.765. The molecule has 1 fully saturated rings. The number of piperidine rings is 1. The summed E-state index contributed by atoms with van der Waals surface area (Å²) in [4.78, 5) is 27.3. The van der Waals surface area contributed by atoms with E-state index in [9.17, 15) is 18.0 Å². The van der Waals surface area contributed by atoms with Crippen molar-refractivity contribution in [1.82, 2.24) is 19.9 Å². The molecule has 1 unspecified atom stereocenters. The van der Waals surface area contributed by atoms with E-state index < -0.39 is 11.9 Å². The fourth-order valence-corrected chi connectivity index (χ4v) is 4.89. The molecule has 1 aromatic carbocycles. The lowest BCUT2D eigenvalue weighted by Crippen LogP contribution is -2.41. The number of aromatic nitrogens is 3. The highest BCUT2D eigenvalue weighted by atomic mass is 32.1. The van der Waals surface area contributed by atoms with Gasteiger partial charge in [-0.3, -0.25) is 4.79 Å². The van der Waals surface area contributed by atoms with Crippen LogP contribution >= 0.6 is 11.3 Å². The van der Waals surface area contributed by atoms with Gasteiger partial charge >= 0.3 is 6.18 Å². The van der Waals surface area contributed by atoms with Crippen molar-refractivity contribution in [3.8, 4) is 16.3 Å². The number of ether oxygens (including phenoxy) is 1. The number of halogens is 3. The molecule has 3 aromatic rings. The van der Waals surface area contributed by atoms with Gasteiger partial charge in [-0.05, 0) is 57.4 Å². The topological polar surface area (TPSA) is 80.2 Å². The molecule has 1 N–H and O–H groups in total. The summed E-state index contributed by atoms with van der Waals surface area (Å²) >= 11 is 0.944. The van der Waals surface area contributed by atoms with Crippen molar-refractivity contribution < 1.29 is 22.7 Å². The molecule has 180 valence electrons. The average Bonchev–Trinajstić information content (AvgIpc) is 3.20. The number of aryl methyl sites for hydroxylation is 1. The van der Waals surface area contributed by atoms with Gasteiger partial charge in [0.25, 0.3) is 5.91 Å². The Morgan fingerprint density at radius 1 is 1.21 bits per heavy atom. The van der Waals surface area contributed by atoms with Gasteiger partial charge in [0.05, 0.1) is 18.4 Å². The molecule has 1 amide bonds. The van der Waals surface area contributed by atoms with E-state index in [0.717, 1.165) is 36.8 Å². The van der Waals surface area contributed by atoms with Crippen molar-refractivity contribution >= 4 is 28.9 Å². The van der Waals surface area contributed by atoms with Gasteiger partial charge in [-0.2, -0.15) is 13.2 Å². The van der Waals surface area contributed by atoms with Gasteiger partial charge in [0.15, 0.2) is 5.69 Å². The van der Waals surface area contributed by atoms with Crippen LogP contribution < -0.4 is 10.1 Å². The zero-order valence-corrected chi connectivity index (χ0v) is 19.8. The Bertz CT molecular complexity index is 1180. The first kappa shape index (κ1) is 23.9. The first-order chi connectivity index (χ1) is 16.2. The van der Waals surface area contributed by atoms with Crippen LogP contribution in [0.1, 0.15) is 47.2 Å². The summed E-state index contributed by atoms with van der Waals surface area (Å²) in [5, 5.41) is 2.84. The van der Waals surface area contributed by atoms with Gasteiger partial charge in [0.2, 0.25) is 5.95 Å². The van der Waals surface area contributed by atoms with E-state index >= 15 is 0 Å². The monoisotopic (exact) mass is 491 g/mol. The first-order valence-corrected chi connectivity index (χ1v) is 11.6. The van der Waals surface area contributed by atoms with Gasteiger partial charge in [-0.1, -0.05) is 0 Å². The van der Waals surface area contributed by atoms with Crippen LogP contribution in [0.4, 0.5) is 24.8 Å². The van der Waals surface area contributed by atoms with Crippen molar-refractivity contribution in [2.24, 2.45) is 0 Å². The number of likely N-dealkylation sites (tertiary alicyclic amines) is 1. The molecule has 0 radical (unpaired) electrons. The highest BCUT2D eigenvalue weighted by molar-refractivity contribution is 7.17. The minimum absolute atomic E-state index is 0.0637. The Kier molecular flexibility index (Phi) is 6.74. The molecular weight excluding hydrogens is 467 g/mol. The van der Waals surface area contributed by atoms with Crippen LogP contribution in [-0.4, -0.2) is 45.5 Å². The second-order valence-corrected chi connectivity index (χ2v) is 9.08. The molecule has 1 saturated heterocycles. The van der Waals surface area contributed by atoms with Crippen LogP contribution in [0.5, 0.6) is 5.75 Å². The highest BCUT2D eigenvalue weighted by Gasteiger charge is 2.38. The van der Waals surface area contributed by atoms with Gasteiger partial charge in [-0.25, -0.2) is 15.0 Å². The van der Waals surface area contributed by atoms with Crippen LogP contribution in [-0.2, 0) is 6.18 Å². The second-order valence-electron chi connectivity index (χ2n) is 8.08. The number of rotatable bonds is 5. The third kappa shape index (κ3) is 4.98. The number of alkyl halides is 3. The molecule has 0 saturated carbocycles. The number of carbonyl (C=O) groups excluding carboxylic acids is 1. The predicted octanol–water partition coefficient (Wildman–Crippen LogP) is 5.69. The average molecular weight is 492 g/mol. The SMILES string of the molecule is COc1ccc(Nc2ncc(-c3nc(C)c(C(=O)N4CCCCC4C)s3)c(C(F)(F)F)n2)cc1. The maximum Gasteiger partial charge on any atom is 0.434 e. The summed E-state index contributed by atoms with van der Waals surface area (Å²) in [7, 11) is 1.52. The fraction of sp³-hybridized carbons (Fsp3) is 0.391. The van der Waals surface area contributed by atoms with E-state index in [4.69, 9.17) is 4.74 Å². The maximum atomic E-state index is 13.9. The summed E-state index contributed by atoms with van der Waals surface area (Å²) in [6.45, 7) is 4.25. The van der Waals surface area contributed by atoms with Crippen LogP contribution in [0.25, 0.3) is 10.6 Å². The minimum Gasteiger partial charge on any atom is -0.497 e. The lowest BCUT2D eigenvalue weighted by molar-refractivity contribution is -0.140. The molecule has 11 heteroatoms. The number of amides is 1. The van der Waals surface area contributed by atoms with Gasteiger partial charge in [0, 0.05) is 24.5 Å². The normalized spacial score (nSPS) is 16.4. The molecule has 1 aliphatic rings. The Morgan fingerprint density at radius 3 is 2.59 bits per heavy atom. The number of methoxy groups -OCH3 is 1. The van der Waals surface area contributed by atoms with Crippen molar-refractivity contribution in [1.29, 1.82) is 0 Å². The predicted molar refractivity (Wildman–Crippen MR) is 124 cm³/mol. The Balaban J connectivity index is 1.66. The van der Waals surface area contributed by atoms with Crippen LogP contribution in [0.15, 0.2) is 30.5 Å². The van der Waals surface area contributed by atoms with E-state index in [1.165, 1.54) is 7.11 Å². The molecule has 0 bridgehead atoms. The number of carbonyl (C=O) groups is 1. The van der Waals surface area contributed by atoms with Crippen molar-refractivity contribution in [3.05, 3.63) is 46.7 Å². The number of hydrogen-bond donors (Lipinski definition) is 1. The fourth-order valence-electron chi connectivity index (χ4n) is 3.86. The zero-order chi connectivity index (χ0) is 24.5. The quantitative estimate of drug-likeness (QED) is 0.494. The number of hydrogen-bond acceptors (Lipinski definition) is 7. The Morgan fingerprint density at radius 2 is 1.94 bits per heavy atom. The van der Waals surface area contributed by atoms with E-state index in [-0.39, 0.29) is 28.5 Å². The number of thiazole rings is 1. The molecule has 4 rings (SSSR count). The zero-order valence-electron chi connectivity index (χ0n) is 18.9. The number of benzene rings is 1. The summed E-state index contributed by atoms with van der Waals surface area (Å²) in [5.74, 6) is 0.218. The van der Waals surface area contributed by atoms with Crippen molar-refractivity contribution in [2.45, 2.75) is 45.3 Å². The summed E-state index contributed by atoms with van der Waals surface area (Å²) < 4.78 is 46.9. The third-order valence-electron chi connectivity index (χ3n) is 5.69. The Hall–Kier alpha value is -3.21. The lowest BCUT2D eigenvalue weighted by Gasteiger charge is -2.33. The Labute approximate surface area is 199 Å². The van der Waals surface area contributed by atoms with E-state index in [1.807, 2.05) is 6.92 Å². The second kappa shape index (κ2) is 9.57. The van der Waals surface area contributed by atoms with Gasteiger partial charge in [0.1, 0.15) is 15.6 Å². The summed E-state index contributed by atoms with van der Waals surface area (Å²) in [5.41, 5.74) is -0.462. The molecule has 7 nitrogen and oxygen atoms in total. The van der Waals surface area contributed by atoms with Crippen molar-refractivity contribution in [3.63, 3.8) is 0 Å². The number of nitrogens with zero attached hydrogens (tertiary/aromatic N) is 4. The third-order valence-corrected chi connectivity index (χ3v) is 6.87. The number of anilines is 2. The maximum absolute atomic E-state index is 13.9. The van der Waals surface area contributed by atoms with Crippen LogP contribution in [0, 0.1) is 6.92 Å². The van der Waals surface area contributed by atoms with Crippen molar-refractivity contribution in [2.75, 3.05) is 19.0 Å². The standard InChI is InChI=1S/C23H24F3N5O2S/c1-13-6-4-5-11-31(13)21(32)18-14(2)28-20(34-18)17-12-27-22(30-19(17)23(24,25)26)29-15-7-9-16(33-3)10-8-15/h7-10,12-13H,4-6,11H2,1-3H3,(H,27,29,30). The van der Waals surface area contributed by atoms with Gasteiger partial charge in [-0.15, -0.1) is 11.3 Å². The minimum atomic E-state index is -4.74. The van der Waals surface area contributed by atoms with Crippen LogP contribution in [0.3, 0.4) is 0 Å². The van der Waals surface area contributed by atoms with Gasteiger partial charge < -0.3 is 15.0 Å². The molecule has 0 aliphatic carbocycles. The summed E-state index contributed by atoms with van der Waals surface area (Å²) in [6, 6.07) is 6.71. The molecule has 1 aliphatic heterocycles. The molecular formula is C23H24F3N5O2S. The van der Waals surface area contributed by atoms with E-state index in [0.29, 0.717) is 28.6 Å². The van der Waals surface area contributed by atoms with Crippen LogP contribution in [0.2, 0.25) is 0 Å². The molecule has 2 aromatic heterocycles. The number of nitrogens with one attached hydrogen (secondary N) is 1. The largest absolute Gasteiger partial charge is 0.497 e. The van der Waals surface area contributed by atoms with E-state index in [2.05, 4.69) is 20.3 Å². The smallest absolute Gasteiger partial charge is 0.434 e.